The van der Waals surface area contributed by atoms with Gasteiger partial charge in [-0.1, -0.05) is 6.07 Å². The molecule has 8 heteroatoms. The highest BCUT2D eigenvalue weighted by molar-refractivity contribution is 5.92. The normalized spacial score (nSPS) is 11.1. The van der Waals surface area contributed by atoms with Crippen LogP contribution in [0.25, 0.3) is 45.3 Å². The van der Waals surface area contributed by atoms with E-state index in [0.717, 1.165) is 33.5 Å². The van der Waals surface area contributed by atoms with Crippen LogP contribution in [-0.4, -0.2) is 35.1 Å². The highest BCUT2D eigenvalue weighted by atomic mass is 16.4. The molecule has 0 atom stereocenters. The van der Waals surface area contributed by atoms with Crippen LogP contribution in [-0.2, 0) is 0 Å². The SMILES string of the molecule is Cc1cccc(-c2nc(-c3cncc(-c4nnco4)c3)c3cc[nH]c3n2)n1. The van der Waals surface area contributed by atoms with E-state index in [-0.39, 0.29) is 0 Å². The van der Waals surface area contributed by atoms with E-state index in [1.807, 2.05) is 43.5 Å². The van der Waals surface area contributed by atoms with Gasteiger partial charge >= 0.3 is 0 Å². The van der Waals surface area contributed by atoms with Crippen LogP contribution in [0.1, 0.15) is 5.69 Å². The number of aromatic nitrogens is 7. The summed E-state index contributed by atoms with van der Waals surface area (Å²) in [6.07, 6.45) is 6.56. The molecule has 130 valence electrons. The Morgan fingerprint density at radius 2 is 1.93 bits per heavy atom. The van der Waals surface area contributed by atoms with Crippen molar-refractivity contribution in [2.75, 3.05) is 0 Å². The molecular weight excluding hydrogens is 342 g/mol. The van der Waals surface area contributed by atoms with Crippen molar-refractivity contribution < 1.29 is 4.42 Å². The Hall–Kier alpha value is -3.94. The Morgan fingerprint density at radius 1 is 1.00 bits per heavy atom. The van der Waals surface area contributed by atoms with E-state index in [1.54, 1.807) is 12.4 Å². The average molecular weight is 355 g/mol. The molecule has 0 radical (unpaired) electrons. The van der Waals surface area contributed by atoms with Gasteiger partial charge in [-0.2, -0.15) is 0 Å². The van der Waals surface area contributed by atoms with Crippen molar-refractivity contribution in [2.45, 2.75) is 6.92 Å². The van der Waals surface area contributed by atoms with E-state index >= 15 is 0 Å². The zero-order valence-corrected chi connectivity index (χ0v) is 14.3. The predicted octanol–water partition coefficient (Wildman–Crippen LogP) is 3.44. The number of aromatic amines is 1. The molecule has 5 aromatic heterocycles. The lowest BCUT2D eigenvalue weighted by Gasteiger charge is -2.07. The molecule has 0 spiro atoms. The summed E-state index contributed by atoms with van der Waals surface area (Å²) in [5.74, 6) is 0.955. The molecular formula is C19H13N7O. The van der Waals surface area contributed by atoms with Gasteiger partial charge in [-0.3, -0.25) is 4.98 Å². The van der Waals surface area contributed by atoms with Crippen LogP contribution in [0, 0.1) is 6.92 Å². The fraction of sp³-hybridized carbons (Fsp3) is 0.0526. The molecule has 0 unspecified atom stereocenters. The molecule has 0 saturated heterocycles. The molecule has 0 aromatic carbocycles. The van der Waals surface area contributed by atoms with Crippen molar-refractivity contribution in [3.8, 4) is 34.2 Å². The molecule has 0 saturated carbocycles. The highest BCUT2D eigenvalue weighted by Gasteiger charge is 2.15. The lowest BCUT2D eigenvalue weighted by atomic mass is 10.1. The third kappa shape index (κ3) is 2.73. The summed E-state index contributed by atoms with van der Waals surface area (Å²) in [6, 6.07) is 9.64. The third-order valence-electron chi connectivity index (χ3n) is 4.15. The molecule has 0 fully saturated rings. The number of rotatable bonds is 3. The first-order valence-corrected chi connectivity index (χ1v) is 8.29. The van der Waals surface area contributed by atoms with Gasteiger partial charge in [0, 0.05) is 35.2 Å². The van der Waals surface area contributed by atoms with Crippen molar-refractivity contribution >= 4 is 11.0 Å². The minimum Gasteiger partial charge on any atom is -0.423 e. The number of hydrogen-bond donors (Lipinski definition) is 1. The van der Waals surface area contributed by atoms with Crippen molar-refractivity contribution in [1.82, 2.24) is 35.1 Å². The second-order valence-electron chi connectivity index (χ2n) is 6.01. The van der Waals surface area contributed by atoms with Crippen LogP contribution < -0.4 is 0 Å². The molecule has 8 nitrogen and oxygen atoms in total. The van der Waals surface area contributed by atoms with Gasteiger partial charge in [0.2, 0.25) is 12.3 Å². The first-order valence-electron chi connectivity index (χ1n) is 8.29. The van der Waals surface area contributed by atoms with E-state index in [9.17, 15) is 0 Å². The fourth-order valence-electron chi connectivity index (χ4n) is 2.93. The molecule has 27 heavy (non-hydrogen) atoms. The van der Waals surface area contributed by atoms with E-state index in [2.05, 4.69) is 30.1 Å². The summed E-state index contributed by atoms with van der Waals surface area (Å²) in [4.78, 5) is 21.4. The molecule has 5 aromatic rings. The van der Waals surface area contributed by atoms with Gasteiger partial charge in [-0.15, -0.1) is 10.2 Å². The van der Waals surface area contributed by atoms with Crippen LogP contribution in [0.5, 0.6) is 0 Å². The molecule has 0 amide bonds. The van der Waals surface area contributed by atoms with Gasteiger partial charge in [-0.05, 0) is 31.2 Å². The van der Waals surface area contributed by atoms with Crippen LogP contribution >= 0.6 is 0 Å². The summed E-state index contributed by atoms with van der Waals surface area (Å²) in [7, 11) is 0. The topological polar surface area (TPSA) is 106 Å². The Kier molecular flexibility index (Phi) is 3.46. The monoisotopic (exact) mass is 355 g/mol. The molecule has 1 N–H and O–H groups in total. The van der Waals surface area contributed by atoms with E-state index in [0.29, 0.717) is 17.4 Å². The number of fused-ring (bicyclic) bond motifs is 1. The Balaban J connectivity index is 1.71. The largest absolute Gasteiger partial charge is 0.423 e. The van der Waals surface area contributed by atoms with E-state index in [4.69, 9.17) is 9.40 Å². The molecule has 0 aliphatic heterocycles. The van der Waals surface area contributed by atoms with Gasteiger partial charge in [0.25, 0.3) is 0 Å². The quantitative estimate of drug-likeness (QED) is 0.528. The van der Waals surface area contributed by atoms with Crippen LogP contribution in [0.4, 0.5) is 0 Å². The minimum absolute atomic E-state index is 0.407. The second-order valence-corrected chi connectivity index (χ2v) is 6.01. The Labute approximate surface area is 153 Å². The summed E-state index contributed by atoms with van der Waals surface area (Å²) in [5.41, 5.74) is 4.67. The van der Waals surface area contributed by atoms with Crippen LogP contribution in [0.3, 0.4) is 0 Å². The zero-order chi connectivity index (χ0) is 18.2. The first kappa shape index (κ1) is 15.3. The van der Waals surface area contributed by atoms with Gasteiger partial charge in [0.1, 0.15) is 11.3 Å². The molecule has 0 aliphatic carbocycles. The number of H-pyrrole nitrogens is 1. The summed E-state index contributed by atoms with van der Waals surface area (Å²) in [6.45, 7) is 1.94. The van der Waals surface area contributed by atoms with Gasteiger partial charge in [0.05, 0.1) is 11.3 Å². The Bertz CT molecular complexity index is 1240. The van der Waals surface area contributed by atoms with Gasteiger partial charge < -0.3 is 9.40 Å². The average Bonchev–Trinajstić information content (AvgIpc) is 3.39. The number of nitrogens with zero attached hydrogens (tertiary/aromatic N) is 6. The van der Waals surface area contributed by atoms with Crippen molar-refractivity contribution in [3.05, 3.63) is 61.0 Å². The lowest BCUT2D eigenvalue weighted by molar-refractivity contribution is 0.568. The van der Waals surface area contributed by atoms with Gasteiger partial charge in [0.15, 0.2) is 5.82 Å². The first-order chi connectivity index (χ1) is 13.3. The summed E-state index contributed by atoms with van der Waals surface area (Å²) in [5, 5.41) is 8.56. The highest BCUT2D eigenvalue weighted by Crippen LogP contribution is 2.29. The maximum atomic E-state index is 5.28. The second kappa shape index (κ2) is 6.10. The third-order valence-corrected chi connectivity index (χ3v) is 4.15. The van der Waals surface area contributed by atoms with E-state index in [1.165, 1.54) is 6.39 Å². The molecule has 5 rings (SSSR count). The van der Waals surface area contributed by atoms with Crippen LogP contribution in [0.2, 0.25) is 0 Å². The van der Waals surface area contributed by atoms with Crippen molar-refractivity contribution in [2.24, 2.45) is 0 Å². The zero-order valence-electron chi connectivity index (χ0n) is 14.3. The molecule has 0 bridgehead atoms. The number of nitrogens with one attached hydrogen (secondary N) is 1. The van der Waals surface area contributed by atoms with E-state index < -0.39 is 0 Å². The number of aryl methyl sites for hydroxylation is 1. The number of hydrogen-bond acceptors (Lipinski definition) is 7. The van der Waals surface area contributed by atoms with Gasteiger partial charge in [-0.25, -0.2) is 15.0 Å². The smallest absolute Gasteiger partial charge is 0.249 e. The Morgan fingerprint density at radius 3 is 2.78 bits per heavy atom. The minimum atomic E-state index is 0.407. The summed E-state index contributed by atoms with van der Waals surface area (Å²) >= 11 is 0. The number of pyridine rings is 2. The van der Waals surface area contributed by atoms with Crippen molar-refractivity contribution in [3.63, 3.8) is 0 Å². The maximum absolute atomic E-state index is 5.28. The lowest BCUT2D eigenvalue weighted by Crippen LogP contribution is -1.97. The maximum Gasteiger partial charge on any atom is 0.249 e. The molecule has 0 aliphatic rings. The van der Waals surface area contributed by atoms with Crippen molar-refractivity contribution in [1.29, 1.82) is 0 Å². The standard InChI is InChI=1S/C19H13N7O/c1-11-3-2-4-15(23-11)18-24-16(14-5-6-21-17(14)25-18)12-7-13(9-20-8-12)19-26-22-10-27-19/h2-10H,1H3,(H,21,24,25). The fourth-order valence-corrected chi connectivity index (χ4v) is 2.93. The molecule has 5 heterocycles. The summed E-state index contributed by atoms with van der Waals surface area (Å²) < 4.78 is 5.28. The van der Waals surface area contributed by atoms with Crippen LogP contribution in [0.15, 0.2) is 59.7 Å². The predicted molar refractivity (Wildman–Crippen MR) is 98.4 cm³/mol.